The van der Waals surface area contributed by atoms with Crippen molar-refractivity contribution in [2.24, 2.45) is 0 Å². The Morgan fingerprint density at radius 1 is 1.32 bits per heavy atom. The second-order valence-corrected chi connectivity index (χ2v) is 6.23. The zero-order chi connectivity index (χ0) is 18.0. The number of anilines is 2. The summed E-state index contributed by atoms with van der Waals surface area (Å²) in [6.45, 7) is -0.0490. The number of aromatic nitrogens is 1. The Hall–Kier alpha value is -3.15. The molecular formula is C17H15N5O2S. The minimum atomic E-state index is -0.398. The average Bonchev–Trinajstić information content (AvgIpc) is 2.95. The minimum Gasteiger partial charge on any atom is -0.397 e. The lowest BCUT2D eigenvalue weighted by Gasteiger charge is -2.09. The van der Waals surface area contributed by atoms with Crippen molar-refractivity contribution in [2.45, 2.75) is 0 Å². The first-order valence-electron chi connectivity index (χ1n) is 7.44. The third kappa shape index (κ3) is 2.87. The first kappa shape index (κ1) is 16.7. The van der Waals surface area contributed by atoms with Gasteiger partial charge in [-0.25, -0.2) is 4.98 Å². The maximum atomic E-state index is 12.3. The van der Waals surface area contributed by atoms with Gasteiger partial charge in [-0.1, -0.05) is 30.3 Å². The lowest BCUT2D eigenvalue weighted by molar-refractivity contribution is 0.0949. The van der Waals surface area contributed by atoms with Crippen molar-refractivity contribution in [3.05, 3.63) is 40.8 Å². The van der Waals surface area contributed by atoms with Crippen LogP contribution in [0, 0.1) is 11.3 Å². The third-order valence-corrected chi connectivity index (χ3v) is 4.78. The van der Waals surface area contributed by atoms with Crippen LogP contribution in [0.25, 0.3) is 21.3 Å². The van der Waals surface area contributed by atoms with Gasteiger partial charge in [0.15, 0.2) is 0 Å². The van der Waals surface area contributed by atoms with E-state index in [1.807, 2.05) is 30.3 Å². The van der Waals surface area contributed by atoms with Gasteiger partial charge in [0, 0.05) is 17.5 Å². The van der Waals surface area contributed by atoms with Crippen molar-refractivity contribution in [3.63, 3.8) is 0 Å². The Bertz CT molecular complexity index is 992. The number of benzene rings is 1. The number of nitrogens with two attached hydrogens (primary N) is 2. The Balaban J connectivity index is 2.31. The number of carbonyl (C=O) groups is 1. The highest BCUT2D eigenvalue weighted by molar-refractivity contribution is 7.21. The van der Waals surface area contributed by atoms with Crippen LogP contribution in [0.15, 0.2) is 30.3 Å². The van der Waals surface area contributed by atoms with Crippen LogP contribution in [-0.4, -0.2) is 29.1 Å². The van der Waals surface area contributed by atoms with Gasteiger partial charge < -0.3 is 21.9 Å². The van der Waals surface area contributed by atoms with Gasteiger partial charge in [-0.05, 0) is 5.56 Å². The monoisotopic (exact) mass is 353 g/mol. The molecule has 6 N–H and O–H groups in total. The summed E-state index contributed by atoms with van der Waals surface area (Å²) in [5, 5.41) is 21.5. The summed E-state index contributed by atoms with van der Waals surface area (Å²) in [5.41, 5.74) is 14.0. The van der Waals surface area contributed by atoms with Gasteiger partial charge in [0.05, 0.1) is 12.3 Å². The number of nitrogens with zero attached hydrogens (tertiary/aromatic N) is 2. The number of aliphatic hydroxyl groups is 1. The Morgan fingerprint density at radius 2 is 2.04 bits per heavy atom. The van der Waals surface area contributed by atoms with Gasteiger partial charge in [-0.15, -0.1) is 11.3 Å². The number of carbonyl (C=O) groups excluding carboxylic acids is 1. The number of nitrogens with one attached hydrogen (secondary N) is 1. The van der Waals surface area contributed by atoms with Crippen molar-refractivity contribution in [2.75, 3.05) is 24.6 Å². The van der Waals surface area contributed by atoms with Gasteiger partial charge in [0.1, 0.15) is 27.2 Å². The molecule has 0 saturated heterocycles. The second kappa shape index (κ2) is 6.76. The number of nitriles is 1. The SMILES string of the molecule is N#Cc1c(N)nc2sc(C(=O)NCCO)c(N)c2c1-c1ccccc1. The van der Waals surface area contributed by atoms with Crippen LogP contribution in [0.2, 0.25) is 0 Å². The summed E-state index contributed by atoms with van der Waals surface area (Å²) in [6, 6.07) is 11.3. The first-order valence-corrected chi connectivity index (χ1v) is 8.26. The van der Waals surface area contributed by atoms with Crippen LogP contribution in [0.4, 0.5) is 11.5 Å². The summed E-state index contributed by atoms with van der Waals surface area (Å²) >= 11 is 1.11. The highest BCUT2D eigenvalue weighted by Gasteiger charge is 2.23. The number of rotatable bonds is 4. The number of thiophene rings is 1. The van der Waals surface area contributed by atoms with Crippen LogP contribution in [-0.2, 0) is 0 Å². The van der Waals surface area contributed by atoms with Gasteiger partial charge in [0.2, 0.25) is 0 Å². The first-order chi connectivity index (χ1) is 12.1. The largest absolute Gasteiger partial charge is 0.397 e. The minimum absolute atomic E-state index is 0.0948. The van der Waals surface area contributed by atoms with Crippen molar-refractivity contribution < 1.29 is 9.90 Å². The molecule has 25 heavy (non-hydrogen) atoms. The fourth-order valence-corrected chi connectivity index (χ4v) is 3.62. The summed E-state index contributed by atoms with van der Waals surface area (Å²) < 4.78 is 0. The summed E-state index contributed by atoms with van der Waals surface area (Å²) in [6.07, 6.45) is 0. The molecule has 0 bridgehead atoms. The van der Waals surface area contributed by atoms with E-state index in [1.54, 1.807) is 0 Å². The number of amides is 1. The van der Waals surface area contributed by atoms with E-state index in [9.17, 15) is 10.1 Å². The molecule has 8 heteroatoms. The molecule has 0 aliphatic rings. The zero-order valence-electron chi connectivity index (χ0n) is 13.1. The number of hydrogen-bond donors (Lipinski definition) is 4. The molecule has 0 atom stereocenters. The maximum absolute atomic E-state index is 12.3. The number of aliphatic hydroxyl groups excluding tert-OH is 1. The topological polar surface area (TPSA) is 138 Å². The van der Waals surface area contributed by atoms with Crippen LogP contribution < -0.4 is 16.8 Å². The molecule has 0 spiro atoms. The van der Waals surface area contributed by atoms with E-state index >= 15 is 0 Å². The Labute approximate surface area is 147 Å². The summed E-state index contributed by atoms with van der Waals surface area (Å²) in [5.74, 6) is -0.303. The van der Waals surface area contributed by atoms with E-state index in [4.69, 9.17) is 16.6 Å². The summed E-state index contributed by atoms with van der Waals surface area (Å²) in [4.78, 5) is 17.3. The third-order valence-electron chi connectivity index (χ3n) is 3.68. The molecule has 2 heterocycles. The van der Waals surface area contributed by atoms with Crippen LogP contribution in [0.5, 0.6) is 0 Å². The van der Waals surface area contributed by atoms with Crippen molar-refractivity contribution >= 4 is 39.0 Å². The molecule has 3 rings (SSSR count). The number of pyridine rings is 1. The molecule has 0 aliphatic heterocycles. The lowest BCUT2D eigenvalue weighted by Crippen LogP contribution is -2.26. The molecular weight excluding hydrogens is 338 g/mol. The van der Waals surface area contributed by atoms with Crippen LogP contribution >= 0.6 is 11.3 Å². The van der Waals surface area contributed by atoms with E-state index in [0.717, 1.165) is 16.9 Å². The number of hydrogen-bond acceptors (Lipinski definition) is 7. The van der Waals surface area contributed by atoms with Crippen molar-refractivity contribution in [3.8, 4) is 17.2 Å². The van der Waals surface area contributed by atoms with Crippen molar-refractivity contribution in [1.82, 2.24) is 10.3 Å². The van der Waals surface area contributed by atoms with E-state index in [1.165, 1.54) is 0 Å². The predicted molar refractivity (Wildman–Crippen MR) is 98.0 cm³/mol. The smallest absolute Gasteiger partial charge is 0.263 e. The molecule has 0 saturated carbocycles. The molecule has 0 unspecified atom stereocenters. The molecule has 2 aromatic heterocycles. The second-order valence-electron chi connectivity index (χ2n) is 5.23. The molecule has 3 aromatic rings. The quantitative estimate of drug-likeness (QED) is 0.563. The van der Waals surface area contributed by atoms with Gasteiger partial charge in [-0.2, -0.15) is 5.26 Å². The normalized spacial score (nSPS) is 10.6. The highest BCUT2D eigenvalue weighted by atomic mass is 32.1. The fraction of sp³-hybridized carbons (Fsp3) is 0.118. The molecule has 0 radical (unpaired) electrons. The zero-order valence-corrected chi connectivity index (χ0v) is 13.9. The maximum Gasteiger partial charge on any atom is 0.263 e. The molecule has 0 fully saturated rings. The number of fused-ring (bicyclic) bond motifs is 1. The highest BCUT2D eigenvalue weighted by Crippen LogP contribution is 2.42. The summed E-state index contributed by atoms with van der Waals surface area (Å²) in [7, 11) is 0. The van der Waals surface area contributed by atoms with E-state index in [-0.39, 0.29) is 35.1 Å². The van der Waals surface area contributed by atoms with E-state index in [2.05, 4.69) is 16.4 Å². The lowest BCUT2D eigenvalue weighted by atomic mass is 9.97. The molecule has 1 aromatic carbocycles. The molecule has 126 valence electrons. The molecule has 7 nitrogen and oxygen atoms in total. The fourth-order valence-electron chi connectivity index (χ4n) is 2.60. The van der Waals surface area contributed by atoms with E-state index < -0.39 is 5.91 Å². The Kier molecular flexibility index (Phi) is 4.52. The standard InChI is InChI=1S/C17H15N5O2S/c18-8-10-11(9-4-2-1-3-5-9)12-13(19)14(16(24)21-6-7-23)25-17(12)22-15(10)20/h1-5,23H,6-7,19H2,(H2,20,22)(H,21,24). The molecule has 1 amide bonds. The van der Waals surface area contributed by atoms with Gasteiger partial charge >= 0.3 is 0 Å². The average molecular weight is 353 g/mol. The van der Waals surface area contributed by atoms with Gasteiger partial charge in [-0.3, -0.25) is 4.79 Å². The van der Waals surface area contributed by atoms with E-state index in [0.29, 0.717) is 15.8 Å². The van der Waals surface area contributed by atoms with Gasteiger partial charge in [0.25, 0.3) is 5.91 Å². The van der Waals surface area contributed by atoms with Crippen molar-refractivity contribution in [1.29, 1.82) is 5.26 Å². The Morgan fingerprint density at radius 3 is 2.68 bits per heavy atom. The number of nitrogen functional groups attached to an aromatic ring is 2. The molecule has 0 aliphatic carbocycles. The van der Waals surface area contributed by atoms with Crippen LogP contribution in [0.3, 0.4) is 0 Å². The predicted octanol–water partition coefficient (Wildman–Crippen LogP) is 1.72. The van der Waals surface area contributed by atoms with Crippen LogP contribution in [0.1, 0.15) is 15.2 Å².